The molecule has 0 fully saturated rings. The predicted molar refractivity (Wildman–Crippen MR) is 53.5 cm³/mol. The van der Waals surface area contributed by atoms with Crippen LogP contribution in [0, 0.1) is 6.92 Å². The lowest BCUT2D eigenvalue weighted by molar-refractivity contribution is 0.0639. The predicted octanol–water partition coefficient (Wildman–Crippen LogP) is 2.52. The van der Waals surface area contributed by atoms with E-state index in [4.69, 9.17) is 5.73 Å². The molecule has 3 heteroatoms. The molecule has 0 saturated carbocycles. The number of hydrogen-bond donors (Lipinski definition) is 1. The third kappa shape index (κ3) is 2.77. The van der Waals surface area contributed by atoms with Crippen molar-refractivity contribution in [3.05, 3.63) is 35.4 Å². The minimum Gasteiger partial charge on any atom is -0.320 e. The molecule has 0 radical (unpaired) electrons. The zero-order valence-corrected chi connectivity index (χ0v) is 8.43. The van der Waals surface area contributed by atoms with E-state index in [1.54, 1.807) is 0 Å². The minimum absolute atomic E-state index is 0.201. The number of benzene rings is 1. The van der Waals surface area contributed by atoms with Gasteiger partial charge in [-0.25, -0.2) is 8.78 Å². The van der Waals surface area contributed by atoms with Crippen LogP contribution in [0.25, 0.3) is 0 Å². The fraction of sp³-hybridized carbons (Fsp3) is 0.455. The molecule has 78 valence electrons. The van der Waals surface area contributed by atoms with Crippen molar-refractivity contribution in [2.75, 3.05) is 0 Å². The van der Waals surface area contributed by atoms with E-state index in [2.05, 4.69) is 0 Å². The molecule has 1 aromatic rings. The number of rotatable bonds is 3. The first-order valence-corrected chi connectivity index (χ1v) is 4.54. The van der Waals surface area contributed by atoms with Gasteiger partial charge in [0.25, 0.3) is 6.43 Å². The monoisotopic (exact) mass is 199 g/mol. The summed E-state index contributed by atoms with van der Waals surface area (Å²) in [7, 11) is 0. The fourth-order valence-electron chi connectivity index (χ4n) is 1.34. The summed E-state index contributed by atoms with van der Waals surface area (Å²) >= 11 is 0. The second-order valence-electron chi connectivity index (χ2n) is 3.97. The summed E-state index contributed by atoms with van der Waals surface area (Å²) in [5.41, 5.74) is 5.97. The van der Waals surface area contributed by atoms with Crippen molar-refractivity contribution >= 4 is 0 Å². The van der Waals surface area contributed by atoms with Crippen LogP contribution in [0.4, 0.5) is 8.78 Å². The van der Waals surface area contributed by atoms with Gasteiger partial charge in [-0.3, -0.25) is 0 Å². The van der Waals surface area contributed by atoms with Crippen LogP contribution in [0.2, 0.25) is 0 Å². The summed E-state index contributed by atoms with van der Waals surface area (Å²) in [6.07, 6.45) is -2.30. The Morgan fingerprint density at radius 1 is 1.43 bits per heavy atom. The highest BCUT2D eigenvalue weighted by molar-refractivity contribution is 5.24. The Hall–Kier alpha value is -0.960. The van der Waals surface area contributed by atoms with Crippen molar-refractivity contribution in [3.63, 3.8) is 0 Å². The molecule has 1 unspecified atom stereocenters. The van der Waals surface area contributed by atoms with Crippen LogP contribution in [-0.4, -0.2) is 12.0 Å². The lowest BCUT2D eigenvalue weighted by atomic mass is 9.94. The van der Waals surface area contributed by atoms with Crippen molar-refractivity contribution < 1.29 is 8.78 Å². The molecule has 0 amide bonds. The standard InChI is InChI=1S/C11H15F2N/c1-8-4-3-5-9(6-8)7-11(2,14)10(12)13/h3-6,10H,7,14H2,1-2H3. The number of aryl methyl sites for hydroxylation is 1. The van der Waals surface area contributed by atoms with Crippen LogP contribution < -0.4 is 5.73 Å². The topological polar surface area (TPSA) is 26.0 Å². The van der Waals surface area contributed by atoms with Gasteiger partial charge in [0.2, 0.25) is 0 Å². The molecule has 0 bridgehead atoms. The van der Waals surface area contributed by atoms with Gasteiger partial charge < -0.3 is 5.73 Å². The Morgan fingerprint density at radius 3 is 2.57 bits per heavy atom. The highest BCUT2D eigenvalue weighted by atomic mass is 19.3. The minimum atomic E-state index is -2.50. The molecule has 2 N–H and O–H groups in total. The van der Waals surface area contributed by atoms with Gasteiger partial charge in [0, 0.05) is 0 Å². The maximum Gasteiger partial charge on any atom is 0.256 e. The summed E-state index contributed by atoms with van der Waals surface area (Å²) < 4.78 is 24.9. The van der Waals surface area contributed by atoms with Gasteiger partial charge in [-0.05, 0) is 25.8 Å². The van der Waals surface area contributed by atoms with E-state index in [0.717, 1.165) is 11.1 Å². The molecule has 0 aromatic heterocycles. The van der Waals surface area contributed by atoms with Crippen LogP contribution >= 0.6 is 0 Å². The summed E-state index contributed by atoms with van der Waals surface area (Å²) in [4.78, 5) is 0. The summed E-state index contributed by atoms with van der Waals surface area (Å²) in [5.74, 6) is 0. The van der Waals surface area contributed by atoms with Gasteiger partial charge in [0.1, 0.15) is 0 Å². The Labute approximate surface area is 82.9 Å². The second-order valence-corrected chi connectivity index (χ2v) is 3.97. The molecule has 0 aliphatic carbocycles. The van der Waals surface area contributed by atoms with Crippen molar-refractivity contribution in [1.29, 1.82) is 0 Å². The molecule has 0 saturated heterocycles. The zero-order valence-electron chi connectivity index (χ0n) is 8.43. The fourth-order valence-corrected chi connectivity index (χ4v) is 1.34. The Balaban J connectivity index is 2.78. The Kier molecular flexibility index (Phi) is 3.21. The van der Waals surface area contributed by atoms with E-state index in [-0.39, 0.29) is 6.42 Å². The molecule has 14 heavy (non-hydrogen) atoms. The summed E-state index contributed by atoms with van der Waals surface area (Å²) in [6.45, 7) is 3.31. The number of nitrogens with two attached hydrogens (primary N) is 1. The molecule has 0 heterocycles. The van der Waals surface area contributed by atoms with E-state index in [0.29, 0.717) is 0 Å². The SMILES string of the molecule is Cc1cccc(CC(C)(N)C(F)F)c1. The number of hydrogen-bond acceptors (Lipinski definition) is 1. The van der Waals surface area contributed by atoms with Crippen LogP contribution in [0.3, 0.4) is 0 Å². The Bertz CT molecular complexity index is 308. The first kappa shape index (κ1) is 11.1. The van der Waals surface area contributed by atoms with Crippen molar-refractivity contribution in [2.45, 2.75) is 32.2 Å². The van der Waals surface area contributed by atoms with Crippen molar-refractivity contribution in [2.24, 2.45) is 5.73 Å². The molecular weight excluding hydrogens is 184 g/mol. The van der Waals surface area contributed by atoms with Gasteiger partial charge in [-0.2, -0.15) is 0 Å². The first-order chi connectivity index (χ1) is 6.42. The molecule has 0 spiro atoms. The highest BCUT2D eigenvalue weighted by Gasteiger charge is 2.30. The quantitative estimate of drug-likeness (QED) is 0.795. The molecular formula is C11H15F2N. The van der Waals surface area contributed by atoms with E-state index < -0.39 is 12.0 Å². The van der Waals surface area contributed by atoms with Gasteiger partial charge in [0.15, 0.2) is 0 Å². The maximum absolute atomic E-state index is 12.5. The van der Waals surface area contributed by atoms with Crippen molar-refractivity contribution in [1.82, 2.24) is 0 Å². The average Bonchev–Trinajstić information content (AvgIpc) is 2.02. The van der Waals surface area contributed by atoms with Crippen LogP contribution in [0.1, 0.15) is 18.1 Å². The van der Waals surface area contributed by atoms with Gasteiger partial charge in [-0.1, -0.05) is 29.8 Å². The number of alkyl halides is 2. The van der Waals surface area contributed by atoms with Crippen LogP contribution in [-0.2, 0) is 6.42 Å². The lowest BCUT2D eigenvalue weighted by Gasteiger charge is -2.23. The molecule has 0 aliphatic rings. The van der Waals surface area contributed by atoms with E-state index >= 15 is 0 Å². The molecule has 1 rings (SSSR count). The average molecular weight is 199 g/mol. The summed E-state index contributed by atoms with van der Waals surface area (Å²) in [5, 5.41) is 0. The molecule has 0 aliphatic heterocycles. The van der Waals surface area contributed by atoms with Gasteiger partial charge in [-0.15, -0.1) is 0 Å². The highest BCUT2D eigenvalue weighted by Crippen LogP contribution is 2.18. The smallest absolute Gasteiger partial charge is 0.256 e. The third-order valence-corrected chi connectivity index (χ3v) is 2.17. The third-order valence-electron chi connectivity index (χ3n) is 2.17. The summed E-state index contributed by atoms with van der Waals surface area (Å²) in [6, 6.07) is 7.49. The van der Waals surface area contributed by atoms with Crippen molar-refractivity contribution in [3.8, 4) is 0 Å². The maximum atomic E-state index is 12.5. The van der Waals surface area contributed by atoms with E-state index in [9.17, 15) is 8.78 Å². The molecule has 1 atom stereocenters. The van der Waals surface area contributed by atoms with Gasteiger partial charge in [0.05, 0.1) is 5.54 Å². The Morgan fingerprint density at radius 2 is 2.07 bits per heavy atom. The zero-order chi connectivity index (χ0) is 10.8. The largest absolute Gasteiger partial charge is 0.320 e. The van der Waals surface area contributed by atoms with E-state index in [1.807, 2.05) is 31.2 Å². The van der Waals surface area contributed by atoms with Crippen LogP contribution in [0.5, 0.6) is 0 Å². The van der Waals surface area contributed by atoms with Gasteiger partial charge >= 0.3 is 0 Å². The normalized spacial score (nSPS) is 15.6. The lowest BCUT2D eigenvalue weighted by Crippen LogP contribution is -2.45. The first-order valence-electron chi connectivity index (χ1n) is 4.54. The molecule has 1 nitrogen and oxygen atoms in total. The second kappa shape index (κ2) is 4.05. The number of halogens is 2. The van der Waals surface area contributed by atoms with Crippen LogP contribution in [0.15, 0.2) is 24.3 Å². The van der Waals surface area contributed by atoms with E-state index in [1.165, 1.54) is 6.92 Å². The molecule has 1 aromatic carbocycles.